The topological polar surface area (TPSA) is 53.4 Å². The summed E-state index contributed by atoms with van der Waals surface area (Å²) in [6.07, 6.45) is 4.94. The molecule has 0 radical (unpaired) electrons. The number of aromatic nitrogens is 2. The second kappa shape index (κ2) is 4.61. The second-order valence-corrected chi connectivity index (χ2v) is 4.15. The molecular weight excluding hydrogens is 244 g/mol. The zero-order valence-corrected chi connectivity index (χ0v) is 10.4. The Kier molecular flexibility index (Phi) is 2.79. The maximum Gasteiger partial charge on any atom is 0.231 e. The maximum atomic E-state index is 12.0. The first-order chi connectivity index (χ1) is 9.24. The molecule has 0 amide bonds. The number of allylic oxidation sites excluding steroid dienone is 1. The predicted molar refractivity (Wildman–Crippen MR) is 69.1 cm³/mol. The number of ether oxygens (including phenoxy) is 2. The van der Waals surface area contributed by atoms with E-state index in [1.807, 2.05) is 13.1 Å². The number of carbonyl (C=O) groups is 1. The standard InChI is InChI=1S/C14H12N2O3/c1-16-11(6-7-15-16)3-4-12(17)10-2-5-13-14(8-10)19-9-18-13/h2-8H,9H2,1H3. The fourth-order valence-electron chi connectivity index (χ4n) is 1.85. The number of hydrogen-bond acceptors (Lipinski definition) is 4. The van der Waals surface area contributed by atoms with Crippen molar-refractivity contribution in [3.05, 3.63) is 47.8 Å². The summed E-state index contributed by atoms with van der Waals surface area (Å²) in [5.41, 5.74) is 1.44. The van der Waals surface area contributed by atoms with Gasteiger partial charge in [-0.3, -0.25) is 9.48 Å². The molecule has 1 aromatic carbocycles. The molecule has 0 N–H and O–H groups in total. The van der Waals surface area contributed by atoms with E-state index >= 15 is 0 Å². The molecule has 96 valence electrons. The van der Waals surface area contributed by atoms with Gasteiger partial charge in [-0.1, -0.05) is 0 Å². The highest BCUT2D eigenvalue weighted by Crippen LogP contribution is 2.32. The highest BCUT2D eigenvalue weighted by molar-refractivity contribution is 6.07. The van der Waals surface area contributed by atoms with E-state index in [-0.39, 0.29) is 12.6 Å². The van der Waals surface area contributed by atoms with Crippen molar-refractivity contribution in [3.8, 4) is 11.5 Å². The SMILES string of the molecule is Cn1nccc1C=CC(=O)c1ccc2c(c1)OCO2. The summed E-state index contributed by atoms with van der Waals surface area (Å²) < 4.78 is 12.1. The van der Waals surface area contributed by atoms with Crippen molar-refractivity contribution in [1.82, 2.24) is 9.78 Å². The predicted octanol–water partition coefficient (Wildman–Crippen LogP) is 2.04. The molecule has 0 bridgehead atoms. The monoisotopic (exact) mass is 256 g/mol. The van der Waals surface area contributed by atoms with E-state index in [9.17, 15) is 4.79 Å². The van der Waals surface area contributed by atoms with Crippen LogP contribution in [0.4, 0.5) is 0 Å². The average Bonchev–Trinajstić information content (AvgIpc) is 3.03. The molecule has 2 heterocycles. The minimum atomic E-state index is -0.0838. The molecule has 0 fully saturated rings. The number of carbonyl (C=O) groups excluding carboxylic acids is 1. The Bertz CT molecular complexity index is 658. The van der Waals surface area contributed by atoms with Gasteiger partial charge < -0.3 is 9.47 Å². The van der Waals surface area contributed by atoms with Crippen molar-refractivity contribution in [2.45, 2.75) is 0 Å². The van der Waals surface area contributed by atoms with E-state index < -0.39 is 0 Å². The van der Waals surface area contributed by atoms with E-state index in [1.165, 1.54) is 6.08 Å². The van der Waals surface area contributed by atoms with Crippen LogP contribution in [-0.4, -0.2) is 22.4 Å². The van der Waals surface area contributed by atoms with Gasteiger partial charge in [-0.25, -0.2) is 0 Å². The van der Waals surface area contributed by atoms with Gasteiger partial charge in [0.25, 0.3) is 0 Å². The zero-order chi connectivity index (χ0) is 13.2. The van der Waals surface area contributed by atoms with Gasteiger partial charge in [0, 0.05) is 18.8 Å². The van der Waals surface area contributed by atoms with Crippen molar-refractivity contribution in [2.75, 3.05) is 6.79 Å². The molecule has 0 saturated heterocycles. The number of benzene rings is 1. The summed E-state index contributed by atoms with van der Waals surface area (Å²) in [6.45, 7) is 0.206. The average molecular weight is 256 g/mol. The number of fused-ring (bicyclic) bond motifs is 1. The Morgan fingerprint density at radius 3 is 2.95 bits per heavy atom. The van der Waals surface area contributed by atoms with Gasteiger partial charge in [0.15, 0.2) is 17.3 Å². The quantitative estimate of drug-likeness (QED) is 0.623. The Morgan fingerprint density at radius 1 is 1.32 bits per heavy atom. The van der Waals surface area contributed by atoms with Gasteiger partial charge in [-0.05, 0) is 36.4 Å². The minimum absolute atomic E-state index is 0.0838. The molecular formula is C14H12N2O3. The van der Waals surface area contributed by atoms with Crippen LogP contribution in [0, 0.1) is 0 Å². The fraction of sp³-hybridized carbons (Fsp3) is 0.143. The molecule has 2 aromatic rings. The Labute approximate surface area is 110 Å². The summed E-state index contributed by atoms with van der Waals surface area (Å²) in [5.74, 6) is 1.20. The van der Waals surface area contributed by atoms with E-state index in [2.05, 4.69) is 5.10 Å². The van der Waals surface area contributed by atoms with Crippen molar-refractivity contribution in [2.24, 2.45) is 7.05 Å². The number of hydrogen-bond donors (Lipinski definition) is 0. The van der Waals surface area contributed by atoms with Gasteiger partial charge in [0.1, 0.15) is 0 Å². The van der Waals surface area contributed by atoms with Crippen LogP contribution in [0.15, 0.2) is 36.5 Å². The number of aryl methyl sites for hydroxylation is 1. The van der Waals surface area contributed by atoms with Crippen LogP contribution < -0.4 is 9.47 Å². The fourth-order valence-corrected chi connectivity index (χ4v) is 1.85. The number of ketones is 1. The van der Waals surface area contributed by atoms with Gasteiger partial charge in [0.05, 0.1) is 5.69 Å². The normalized spacial score (nSPS) is 13.1. The van der Waals surface area contributed by atoms with Crippen LogP contribution in [-0.2, 0) is 7.05 Å². The van der Waals surface area contributed by atoms with Crippen LogP contribution in [0.1, 0.15) is 16.1 Å². The third-order valence-corrected chi connectivity index (χ3v) is 2.92. The van der Waals surface area contributed by atoms with Crippen LogP contribution in [0.3, 0.4) is 0 Å². The van der Waals surface area contributed by atoms with E-state index in [0.717, 1.165) is 5.69 Å². The first-order valence-electron chi connectivity index (χ1n) is 5.84. The third-order valence-electron chi connectivity index (χ3n) is 2.92. The van der Waals surface area contributed by atoms with Crippen LogP contribution in [0.5, 0.6) is 11.5 Å². The maximum absolute atomic E-state index is 12.0. The molecule has 19 heavy (non-hydrogen) atoms. The Morgan fingerprint density at radius 2 is 2.16 bits per heavy atom. The second-order valence-electron chi connectivity index (χ2n) is 4.15. The van der Waals surface area contributed by atoms with Crippen LogP contribution >= 0.6 is 0 Å². The lowest BCUT2D eigenvalue weighted by Gasteiger charge is -1.99. The zero-order valence-electron chi connectivity index (χ0n) is 10.4. The first kappa shape index (κ1) is 11.5. The van der Waals surface area contributed by atoms with Gasteiger partial charge in [-0.2, -0.15) is 5.10 Å². The molecule has 5 nitrogen and oxygen atoms in total. The summed E-state index contributed by atoms with van der Waals surface area (Å²) in [5, 5.41) is 4.03. The van der Waals surface area contributed by atoms with Crippen molar-refractivity contribution in [3.63, 3.8) is 0 Å². The highest BCUT2D eigenvalue weighted by atomic mass is 16.7. The lowest BCUT2D eigenvalue weighted by atomic mass is 10.1. The minimum Gasteiger partial charge on any atom is -0.454 e. The molecule has 5 heteroatoms. The smallest absolute Gasteiger partial charge is 0.231 e. The van der Waals surface area contributed by atoms with E-state index in [1.54, 1.807) is 35.2 Å². The van der Waals surface area contributed by atoms with Crippen LogP contribution in [0.25, 0.3) is 6.08 Å². The molecule has 0 aliphatic carbocycles. The highest BCUT2D eigenvalue weighted by Gasteiger charge is 2.15. The molecule has 0 unspecified atom stereocenters. The van der Waals surface area contributed by atoms with Gasteiger partial charge in [-0.15, -0.1) is 0 Å². The lowest BCUT2D eigenvalue weighted by molar-refractivity contribution is 0.104. The molecule has 1 aromatic heterocycles. The van der Waals surface area contributed by atoms with Crippen molar-refractivity contribution in [1.29, 1.82) is 0 Å². The molecule has 3 rings (SSSR count). The first-order valence-corrected chi connectivity index (χ1v) is 5.84. The van der Waals surface area contributed by atoms with Crippen molar-refractivity contribution >= 4 is 11.9 Å². The van der Waals surface area contributed by atoms with E-state index in [4.69, 9.17) is 9.47 Å². The number of nitrogens with zero attached hydrogens (tertiary/aromatic N) is 2. The molecule has 0 saturated carbocycles. The third kappa shape index (κ3) is 2.22. The molecule has 1 aliphatic rings. The summed E-state index contributed by atoms with van der Waals surface area (Å²) >= 11 is 0. The number of rotatable bonds is 3. The summed E-state index contributed by atoms with van der Waals surface area (Å²) in [4.78, 5) is 12.0. The van der Waals surface area contributed by atoms with Gasteiger partial charge >= 0.3 is 0 Å². The lowest BCUT2D eigenvalue weighted by Crippen LogP contribution is -1.96. The van der Waals surface area contributed by atoms with Gasteiger partial charge in [0.2, 0.25) is 6.79 Å². The molecule has 0 spiro atoms. The van der Waals surface area contributed by atoms with Crippen molar-refractivity contribution < 1.29 is 14.3 Å². The van der Waals surface area contributed by atoms with Crippen LogP contribution in [0.2, 0.25) is 0 Å². The summed E-state index contributed by atoms with van der Waals surface area (Å²) in [7, 11) is 1.82. The van der Waals surface area contributed by atoms with E-state index in [0.29, 0.717) is 17.1 Å². The Hall–Kier alpha value is -2.56. The molecule has 1 aliphatic heterocycles. The molecule has 0 atom stereocenters. The Balaban J connectivity index is 1.81. The largest absolute Gasteiger partial charge is 0.454 e. The summed E-state index contributed by atoms with van der Waals surface area (Å²) in [6, 6.07) is 7.00.